The van der Waals surface area contributed by atoms with E-state index in [-0.39, 0.29) is 18.2 Å². The first-order valence-corrected chi connectivity index (χ1v) is 7.77. The second kappa shape index (κ2) is 9.51. The lowest BCUT2D eigenvalue weighted by atomic mass is 9.91. The zero-order valence-corrected chi connectivity index (χ0v) is 12.8. The van der Waals surface area contributed by atoms with Crippen molar-refractivity contribution in [1.29, 1.82) is 0 Å². The first-order chi connectivity index (χ1) is 9.20. The van der Waals surface area contributed by atoms with Crippen molar-refractivity contribution in [3.8, 4) is 0 Å². The number of methoxy groups -OCH3 is 1. The van der Waals surface area contributed by atoms with Crippen LogP contribution in [0.2, 0.25) is 0 Å². The summed E-state index contributed by atoms with van der Waals surface area (Å²) in [6.07, 6.45) is 12.2. The number of ether oxygens (including phenoxy) is 2. The summed E-state index contributed by atoms with van der Waals surface area (Å²) >= 11 is 0. The molecule has 0 spiro atoms. The minimum atomic E-state index is -0.0508. The molecule has 1 aliphatic heterocycles. The van der Waals surface area contributed by atoms with Gasteiger partial charge in [-0.05, 0) is 12.8 Å². The number of nitrogens with two attached hydrogens (primary N) is 1. The van der Waals surface area contributed by atoms with Crippen molar-refractivity contribution >= 4 is 0 Å². The molecule has 0 unspecified atom stereocenters. The van der Waals surface area contributed by atoms with E-state index < -0.39 is 0 Å². The predicted octanol–water partition coefficient (Wildman–Crippen LogP) is 3.28. The first kappa shape index (κ1) is 16.7. The molecular weight excluding hydrogens is 238 g/mol. The number of unbranched alkanes of at least 4 members (excludes halogenated alkanes) is 5. The molecule has 19 heavy (non-hydrogen) atoms. The molecule has 2 N–H and O–H groups in total. The molecule has 0 aromatic carbocycles. The summed E-state index contributed by atoms with van der Waals surface area (Å²) in [5.41, 5.74) is 6.20. The third kappa shape index (κ3) is 5.64. The fourth-order valence-corrected chi connectivity index (χ4v) is 2.70. The Morgan fingerprint density at radius 1 is 1.26 bits per heavy atom. The van der Waals surface area contributed by atoms with E-state index in [1.807, 2.05) is 0 Å². The molecule has 0 aliphatic carbocycles. The lowest BCUT2D eigenvalue weighted by Crippen LogP contribution is -2.54. The molecule has 1 fully saturated rings. The molecule has 0 amide bonds. The van der Waals surface area contributed by atoms with Gasteiger partial charge in [0.2, 0.25) is 0 Å². The summed E-state index contributed by atoms with van der Waals surface area (Å²) in [6, 6.07) is -0.0508. The number of hydrogen-bond donors (Lipinski definition) is 1. The normalized spacial score (nSPS) is 32.0. The van der Waals surface area contributed by atoms with Gasteiger partial charge in [0.1, 0.15) is 0 Å². The van der Waals surface area contributed by atoms with E-state index in [2.05, 4.69) is 26.0 Å². The molecule has 1 saturated heterocycles. The van der Waals surface area contributed by atoms with E-state index in [9.17, 15) is 0 Å². The van der Waals surface area contributed by atoms with Crippen LogP contribution < -0.4 is 5.73 Å². The van der Waals surface area contributed by atoms with E-state index >= 15 is 0 Å². The summed E-state index contributed by atoms with van der Waals surface area (Å²) in [4.78, 5) is 0. The lowest BCUT2D eigenvalue weighted by Gasteiger charge is -2.37. The topological polar surface area (TPSA) is 44.5 Å². The fourth-order valence-electron chi connectivity index (χ4n) is 2.70. The zero-order valence-electron chi connectivity index (χ0n) is 12.8. The van der Waals surface area contributed by atoms with Crippen LogP contribution in [-0.2, 0) is 9.47 Å². The van der Waals surface area contributed by atoms with Crippen LogP contribution in [0.5, 0.6) is 0 Å². The van der Waals surface area contributed by atoms with Crippen LogP contribution in [-0.4, -0.2) is 32.0 Å². The molecule has 0 radical (unpaired) electrons. The van der Waals surface area contributed by atoms with E-state index in [0.29, 0.717) is 5.92 Å². The van der Waals surface area contributed by atoms with Gasteiger partial charge in [0.15, 0.2) is 0 Å². The standard InChI is InChI=1S/C16H31NO2/c1-4-5-6-7-8-9-10-11-14-15(17)16(18-3)13(2)12-19-14/h10-11,13-16H,4-9,12,17H2,1-3H3/b11-10+/t13-,14-,15-,16-/m0/s1. The van der Waals surface area contributed by atoms with E-state index in [0.717, 1.165) is 13.0 Å². The van der Waals surface area contributed by atoms with Gasteiger partial charge in [0, 0.05) is 13.0 Å². The quantitative estimate of drug-likeness (QED) is 0.543. The molecule has 3 nitrogen and oxygen atoms in total. The Labute approximate surface area is 118 Å². The van der Waals surface area contributed by atoms with Crippen LogP contribution in [0.15, 0.2) is 12.2 Å². The Kier molecular flexibility index (Phi) is 8.35. The Morgan fingerprint density at radius 3 is 2.68 bits per heavy atom. The maximum absolute atomic E-state index is 6.20. The molecule has 4 atom stereocenters. The summed E-state index contributed by atoms with van der Waals surface area (Å²) in [5.74, 6) is 0.374. The van der Waals surface area contributed by atoms with Gasteiger partial charge in [-0.1, -0.05) is 51.7 Å². The van der Waals surface area contributed by atoms with Crippen molar-refractivity contribution in [3.63, 3.8) is 0 Å². The highest BCUT2D eigenvalue weighted by Gasteiger charge is 2.34. The smallest absolute Gasteiger partial charge is 0.0932 e. The minimum absolute atomic E-state index is 0.0109. The Balaban J connectivity index is 2.24. The van der Waals surface area contributed by atoms with Gasteiger partial charge in [-0.15, -0.1) is 0 Å². The first-order valence-electron chi connectivity index (χ1n) is 7.77. The fraction of sp³-hybridized carbons (Fsp3) is 0.875. The van der Waals surface area contributed by atoms with Crippen molar-refractivity contribution in [2.75, 3.05) is 13.7 Å². The number of allylic oxidation sites excluding steroid dienone is 1. The van der Waals surface area contributed by atoms with E-state index in [1.165, 1.54) is 32.1 Å². The average Bonchev–Trinajstić information content (AvgIpc) is 2.40. The maximum Gasteiger partial charge on any atom is 0.0932 e. The molecular formula is C16H31NO2. The van der Waals surface area contributed by atoms with Crippen LogP contribution in [0.3, 0.4) is 0 Å². The van der Waals surface area contributed by atoms with Crippen LogP contribution in [0.25, 0.3) is 0 Å². The molecule has 0 aromatic heterocycles. The van der Waals surface area contributed by atoms with Crippen LogP contribution in [0.4, 0.5) is 0 Å². The summed E-state index contributed by atoms with van der Waals surface area (Å²) in [6.45, 7) is 5.11. The van der Waals surface area contributed by atoms with Gasteiger partial charge in [-0.2, -0.15) is 0 Å². The minimum Gasteiger partial charge on any atom is -0.379 e. The van der Waals surface area contributed by atoms with Crippen molar-refractivity contribution in [1.82, 2.24) is 0 Å². The van der Waals surface area contributed by atoms with Crippen molar-refractivity contribution in [2.24, 2.45) is 11.7 Å². The second-order valence-electron chi connectivity index (χ2n) is 5.68. The van der Waals surface area contributed by atoms with Gasteiger partial charge in [0.05, 0.1) is 24.9 Å². The third-order valence-corrected chi connectivity index (χ3v) is 3.94. The average molecular weight is 269 g/mol. The van der Waals surface area contributed by atoms with E-state index in [1.54, 1.807) is 7.11 Å². The monoisotopic (exact) mass is 269 g/mol. The van der Waals surface area contributed by atoms with Gasteiger partial charge in [-0.25, -0.2) is 0 Å². The molecule has 1 aliphatic rings. The van der Waals surface area contributed by atoms with Gasteiger partial charge in [0.25, 0.3) is 0 Å². The summed E-state index contributed by atoms with van der Waals surface area (Å²) in [5, 5.41) is 0. The van der Waals surface area contributed by atoms with Crippen LogP contribution in [0, 0.1) is 5.92 Å². The van der Waals surface area contributed by atoms with Gasteiger partial charge in [-0.3, -0.25) is 0 Å². The molecule has 0 aromatic rings. The van der Waals surface area contributed by atoms with Crippen LogP contribution >= 0.6 is 0 Å². The van der Waals surface area contributed by atoms with Gasteiger partial charge >= 0.3 is 0 Å². The predicted molar refractivity (Wildman–Crippen MR) is 80.2 cm³/mol. The number of hydrogen-bond acceptors (Lipinski definition) is 3. The lowest BCUT2D eigenvalue weighted by molar-refractivity contribution is -0.0899. The van der Waals surface area contributed by atoms with Gasteiger partial charge < -0.3 is 15.2 Å². The third-order valence-electron chi connectivity index (χ3n) is 3.94. The SMILES string of the molecule is CCCCCCC/C=C/[C@@H]1OC[C@H](C)[C@H](OC)[C@H]1N. The summed E-state index contributed by atoms with van der Waals surface area (Å²) in [7, 11) is 1.74. The van der Waals surface area contributed by atoms with Crippen LogP contribution in [0.1, 0.15) is 52.4 Å². The Bertz CT molecular complexity index is 255. The molecule has 0 saturated carbocycles. The second-order valence-corrected chi connectivity index (χ2v) is 5.68. The zero-order chi connectivity index (χ0) is 14.1. The Hall–Kier alpha value is -0.380. The summed E-state index contributed by atoms with van der Waals surface area (Å²) < 4.78 is 11.3. The van der Waals surface area contributed by atoms with Crippen molar-refractivity contribution in [2.45, 2.75) is 70.6 Å². The molecule has 1 rings (SSSR count). The molecule has 1 heterocycles. The largest absolute Gasteiger partial charge is 0.379 e. The van der Waals surface area contributed by atoms with Crippen molar-refractivity contribution in [3.05, 3.63) is 12.2 Å². The molecule has 0 bridgehead atoms. The highest BCUT2D eigenvalue weighted by atomic mass is 16.5. The maximum atomic E-state index is 6.20. The Morgan fingerprint density at radius 2 is 2.00 bits per heavy atom. The van der Waals surface area contributed by atoms with Crippen molar-refractivity contribution < 1.29 is 9.47 Å². The molecule has 112 valence electrons. The molecule has 3 heteroatoms. The highest BCUT2D eigenvalue weighted by Crippen LogP contribution is 2.22. The van der Waals surface area contributed by atoms with E-state index in [4.69, 9.17) is 15.2 Å². The number of rotatable bonds is 8. The highest BCUT2D eigenvalue weighted by molar-refractivity contribution is 5.01.